The van der Waals surface area contributed by atoms with Gasteiger partial charge in [0.1, 0.15) is 0 Å². The zero-order valence-electron chi connectivity index (χ0n) is 12.7. The van der Waals surface area contributed by atoms with Crippen LogP contribution < -0.4 is 0 Å². The third-order valence-electron chi connectivity index (χ3n) is 5.91. The Kier molecular flexibility index (Phi) is 3.33. The molecule has 0 aromatic carbocycles. The summed E-state index contributed by atoms with van der Waals surface area (Å²) in [6, 6.07) is 2.33. The second-order valence-corrected chi connectivity index (χ2v) is 7.36. The van der Waals surface area contributed by atoms with E-state index < -0.39 is 0 Å². The van der Waals surface area contributed by atoms with Gasteiger partial charge in [0.25, 0.3) is 0 Å². The van der Waals surface area contributed by atoms with Gasteiger partial charge in [0, 0.05) is 24.8 Å². The molecule has 1 aromatic heterocycles. The summed E-state index contributed by atoms with van der Waals surface area (Å²) in [4.78, 5) is 2.88. The van der Waals surface area contributed by atoms with E-state index in [0.29, 0.717) is 6.04 Å². The van der Waals surface area contributed by atoms with Gasteiger partial charge in [0.05, 0.1) is 12.2 Å². The monoisotopic (exact) mass is 273 g/mol. The van der Waals surface area contributed by atoms with Gasteiger partial charge in [-0.1, -0.05) is 12.8 Å². The normalized spacial score (nSPS) is 35.0. The van der Waals surface area contributed by atoms with Crippen molar-refractivity contribution < 1.29 is 0 Å². The predicted octanol–water partition coefficient (Wildman–Crippen LogP) is 3.55. The lowest BCUT2D eigenvalue weighted by molar-refractivity contribution is 0.0859. The van der Waals surface area contributed by atoms with E-state index in [2.05, 4.69) is 27.8 Å². The van der Waals surface area contributed by atoms with E-state index in [4.69, 9.17) is 0 Å². The molecule has 3 heteroatoms. The molecule has 3 fully saturated rings. The van der Waals surface area contributed by atoms with Gasteiger partial charge < -0.3 is 0 Å². The highest BCUT2D eigenvalue weighted by Gasteiger charge is 2.42. The van der Waals surface area contributed by atoms with Crippen LogP contribution in [-0.4, -0.2) is 33.3 Å². The van der Waals surface area contributed by atoms with E-state index in [1.54, 1.807) is 0 Å². The molecule has 110 valence electrons. The average Bonchev–Trinajstić information content (AvgIpc) is 3.13. The maximum atomic E-state index is 4.56. The lowest BCUT2D eigenvalue weighted by Gasteiger charge is -2.40. The molecule has 0 spiro atoms. The molecule has 2 bridgehead atoms. The first-order valence-electron chi connectivity index (χ1n) is 8.56. The third kappa shape index (κ3) is 2.30. The van der Waals surface area contributed by atoms with Gasteiger partial charge in [-0.05, 0) is 56.9 Å². The molecule has 2 atom stereocenters. The Bertz CT molecular complexity index is 447. The molecular weight excluding hydrogens is 246 g/mol. The average molecular weight is 273 g/mol. The van der Waals surface area contributed by atoms with E-state index in [-0.39, 0.29) is 0 Å². The Morgan fingerprint density at radius 2 is 1.75 bits per heavy atom. The van der Waals surface area contributed by atoms with E-state index in [1.165, 1.54) is 63.5 Å². The van der Waals surface area contributed by atoms with Crippen molar-refractivity contribution >= 4 is 0 Å². The van der Waals surface area contributed by atoms with Crippen LogP contribution >= 0.6 is 0 Å². The van der Waals surface area contributed by atoms with Crippen LogP contribution in [0.4, 0.5) is 0 Å². The molecule has 2 saturated heterocycles. The summed E-state index contributed by atoms with van der Waals surface area (Å²) in [5, 5.41) is 4.56. The fourth-order valence-corrected chi connectivity index (χ4v) is 4.88. The second kappa shape index (κ2) is 5.18. The topological polar surface area (TPSA) is 21.1 Å². The van der Waals surface area contributed by atoms with Gasteiger partial charge in [-0.3, -0.25) is 9.58 Å². The van der Waals surface area contributed by atoms with Crippen molar-refractivity contribution in [2.24, 2.45) is 5.92 Å². The smallest absolute Gasteiger partial charge is 0.0549 e. The van der Waals surface area contributed by atoms with Crippen LogP contribution in [0, 0.1) is 12.8 Å². The molecule has 20 heavy (non-hydrogen) atoms. The molecule has 0 amide bonds. The number of hydrogen-bond donors (Lipinski definition) is 0. The minimum atomic E-state index is 0.654. The van der Waals surface area contributed by atoms with Crippen LogP contribution in [0.25, 0.3) is 0 Å². The third-order valence-corrected chi connectivity index (χ3v) is 5.91. The molecule has 3 heterocycles. The zero-order valence-corrected chi connectivity index (χ0v) is 12.7. The largest absolute Gasteiger partial charge is 0.297 e. The molecule has 3 nitrogen and oxygen atoms in total. The van der Waals surface area contributed by atoms with Crippen molar-refractivity contribution in [2.75, 3.05) is 6.54 Å². The fourth-order valence-electron chi connectivity index (χ4n) is 4.88. The first kappa shape index (κ1) is 12.9. The quantitative estimate of drug-likeness (QED) is 0.840. The lowest BCUT2D eigenvalue weighted by atomic mass is 9.95. The van der Waals surface area contributed by atoms with Gasteiger partial charge in [-0.15, -0.1) is 0 Å². The summed E-state index contributed by atoms with van der Waals surface area (Å²) in [5.74, 6) is 1.00. The van der Waals surface area contributed by atoms with Crippen molar-refractivity contribution in [1.29, 1.82) is 0 Å². The number of rotatable bonds is 3. The van der Waals surface area contributed by atoms with Crippen LogP contribution in [0.5, 0.6) is 0 Å². The van der Waals surface area contributed by atoms with Gasteiger partial charge in [0.15, 0.2) is 0 Å². The van der Waals surface area contributed by atoms with Crippen LogP contribution in [0.1, 0.15) is 63.0 Å². The Labute approximate surface area is 122 Å². The minimum absolute atomic E-state index is 0.654. The lowest BCUT2D eigenvalue weighted by Crippen LogP contribution is -2.45. The number of hydrogen-bond acceptors (Lipinski definition) is 2. The summed E-state index contributed by atoms with van der Waals surface area (Å²) in [6.45, 7) is 3.54. The highest BCUT2D eigenvalue weighted by Crippen LogP contribution is 2.42. The van der Waals surface area contributed by atoms with Gasteiger partial charge >= 0.3 is 0 Å². The summed E-state index contributed by atoms with van der Waals surface area (Å²) >= 11 is 0. The standard InChI is InChI=1S/C17H27N3/c1-13-10-18-20(11-13)17-8-15-6-7-16(9-17)19(15)12-14-4-2-3-5-14/h10-11,14-17H,2-9,12H2,1H3. The molecule has 1 aliphatic carbocycles. The van der Waals surface area contributed by atoms with E-state index in [0.717, 1.165) is 18.0 Å². The minimum Gasteiger partial charge on any atom is -0.297 e. The molecule has 3 aliphatic rings. The van der Waals surface area contributed by atoms with E-state index in [1.807, 2.05) is 6.20 Å². The number of aryl methyl sites for hydroxylation is 1. The van der Waals surface area contributed by atoms with Crippen molar-refractivity contribution in [2.45, 2.75) is 76.4 Å². The van der Waals surface area contributed by atoms with Gasteiger partial charge in [0.2, 0.25) is 0 Å². The molecular formula is C17H27N3. The highest BCUT2D eigenvalue weighted by molar-refractivity contribution is 5.03. The molecule has 1 saturated carbocycles. The Morgan fingerprint density at radius 1 is 1.05 bits per heavy atom. The van der Waals surface area contributed by atoms with Crippen molar-refractivity contribution in [3.8, 4) is 0 Å². The molecule has 2 aliphatic heterocycles. The molecule has 0 N–H and O–H groups in total. The van der Waals surface area contributed by atoms with Crippen molar-refractivity contribution in [1.82, 2.24) is 14.7 Å². The Balaban J connectivity index is 1.44. The Morgan fingerprint density at radius 3 is 2.35 bits per heavy atom. The van der Waals surface area contributed by atoms with Gasteiger partial charge in [-0.2, -0.15) is 5.10 Å². The summed E-state index contributed by atoms with van der Waals surface area (Å²) in [7, 11) is 0. The number of fused-ring (bicyclic) bond motifs is 2. The maximum absolute atomic E-state index is 4.56. The predicted molar refractivity (Wildman–Crippen MR) is 80.7 cm³/mol. The summed E-state index contributed by atoms with van der Waals surface area (Å²) < 4.78 is 2.24. The Hall–Kier alpha value is -0.830. The van der Waals surface area contributed by atoms with E-state index >= 15 is 0 Å². The van der Waals surface area contributed by atoms with Crippen LogP contribution in [0.3, 0.4) is 0 Å². The van der Waals surface area contributed by atoms with E-state index in [9.17, 15) is 0 Å². The SMILES string of the molecule is Cc1cnn(C2CC3CCC(C2)N3CC2CCCC2)c1. The first-order valence-corrected chi connectivity index (χ1v) is 8.56. The zero-order chi connectivity index (χ0) is 13.5. The summed E-state index contributed by atoms with van der Waals surface area (Å²) in [6.07, 6.45) is 15.7. The molecule has 2 unspecified atom stereocenters. The number of nitrogens with zero attached hydrogens (tertiary/aromatic N) is 3. The number of aromatic nitrogens is 2. The molecule has 1 aromatic rings. The summed E-state index contributed by atoms with van der Waals surface area (Å²) in [5.41, 5.74) is 1.30. The van der Waals surface area contributed by atoms with Crippen molar-refractivity contribution in [3.63, 3.8) is 0 Å². The second-order valence-electron chi connectivity index (χ2n) is 7.36. The molecule has 4 rings (SSSR count). The van der Waals surface area contributed by atoms with Gasteiger partial charge in [-0.25, -0.2) is 0 Å². The fraction of sp³-hybridized carbons (Fsp3) is 0.824. The van der Waals surface area contributed by atoms with Crippen LogP contribution in [0.2, 0.25) is 0 Å². The first-order chi connectivity index (χ1) is 9.79. The number of piperidine rings is 1. The molecule has 0 radical (unpaired) electrons. The van der Waals surface area contributed by atoms with Crippen molar-refractivity contribution in [3.05, 3.63) is 18.0 Å². The van der Waals surface area contributed by atoms with Crippen LogP contribution in [-0.2, 0) is 0 Å². The maximum Gasteiger partial charge on any atom is 0.0549 e. The highest BCUT2D eigenvalue weighted by atomic mass is 15.3. The van der Waals surface area contributed by atoms with Crippen LogP contribution in [0.15, 0.2) is 12.4 Å².